The lowest BCUT2D eigenvalue weighted by Gasteiger charge is -2.33. The van der Waals surface area contributed by atoms with Gasteiger partial charge in [-0.25, -0.2) is 0 Å². The summed E-state index contributed by atoms with van der Waals surface area (Å²) in [5.41, 5.74) is 1.30. The summed E-state index contributed by atoms with van der Waals surface area (Å²) in [6.07, 6.45) is 2.42. The van der Waals surface area contributed by atoms with Gasteiger partial charge in [-0.1, -0.05) is 6.92 Å². The Hall–Kier alpha value is -1.79. The molecule has 3 aliphatic heterocycles. The molecule has 26 heavy (non-hydrogen) atoms. The van der Waals surface area contributed by atoms with Gasteiger partial charge in [-0.3, -0.25) is 4.79 Å². The summed E-state index contributed by atoms with van der Waals surface area (Å²) < 4.78 is 10.9. The van der Waals surface area contributed by atoms with E-state index in [1.807, 2.05) is 6.07 Å². The number of piperidine rings is 1. The second-order valence-electron chi connectivity index (χ2n) is 8.13. The van der Waals surface area contributed by atoms with E-state index >= 15 is 0 Å². The predicted molar refractivity (Wildman–Crippen MR) is 97.5 cm³/mol. The van der Waals surface area contributed by atoms with E-state index in [0.717, 1.165) is 63.7 Å². The molecule has 1 aromatic carbocycles. The van der Waals surface area contributed by atoms with Crippen LogP contribution in [0.1, 0.15) is 25.3 Å². The number of likely N-dealkylation sites (tertiary alicyclic amines) is 1. The Labute approximate surface area is 155 Å². The molecule has 2 fully saturated rings. The van der Waals surface area contributed by atoms with Gasteiger partial charge in [0.15, 0.2) is 18.0 Å². The number of piperazine rings is 1. The summed E-state index contributed by atoms with van der Waals surface area (Å²) in [5.74, 6) is 2.73. The number of quaternary nitrogens is 2. The number of benzene rings is 1. The Kier molecular flexibility index (Phi) is 5.31. The van der Waals surface area contributed by atoms with Crippen molar-refractivity contribution in [3.05, 3.63) is 23.8 Å². The molecular weight excluding hydrogens is 330 g/mol. The summed E-state index contributed by atoms with van der Waals surface area (Å²) >= 11 is 0. The van der Waals surface area contributed by atoms with Gasteiger partial charge < -0.3 is 24.2 Å². The Morgan fingerprint density at radius 1 is 1.15 bits per heavy atom. The van der Waals surface area contributed by atoms with Crippen LogP contribution in [0.5, 0.6) is 11.5 Å². The van der Waals surface area contributed by atoms with Crippen LogP contribution < -0.4 is 19.3 Å². The molecule has 0 radical (unpaired) electrons. The lowest BCUT2D eigenvalue weighted by molar-refractivity contribution is -1.02. The average molecular weight is 361 g/mol. The Morgan fingerprint density at radius 2 is 1.92 bits per heavy atom. The highest BCUT2D eigenvalue weighted by atomic mass is 16.7. The number of hydrogen-bond acceptors (Lipinski definition) is 3. The van der Waals surface area contributed by atoms with Gasteiger partial charge in [0.05, 0.1) is 0 Å². The molecule has 1 aromatic rings. The molecule has 6 heteroatoms. The molecule has 1 amide bonds. The third-order valence-corrected chi connectivity index (χ3v) is 5.97. The van der Waals surface area contributed by atoms with Gasteiger partial charge >= 0.3 is 0 Å². The van der Waals surface area contributed by atoms with Crippen molar-refractivity contribution in [3.63, 3.8) is 0 Å². The van der Waals surface area contributed by atoms with Crippen LogP contribution in [0.25, 0.3) is 0 Å². The highest BCUT2D eigenvalue weighted by Gasteiger charge is 2.28. The number of carbonyl (C=O) groups is 1. The number of fused-ring (bicyclic) bond motifs is 1. The van der Waals surface area contributed by atoms with Crippen molar-refractivity contribution in [1.82, 2.24) is 4.90 Å². The standard InChI is InChI=1S/C20H29N3O3/c1-16-3-2-6-23(12-16)20(24)14-22-9-7-21(8-10-22)13-17-4-5-18-19(11-17)26-15-25-18/h4-5,11,16H,2-3,6-10,12-15H2,1H3/p+2/t16-/m0/s1. The van der Waals surface area contributed by atoms with E-state index in [-0.39, 0.29) is 0 Å². The van der Waals surface area contributed by atoms with Crippen LogP contribution in [0, 0.1) is 5.92 Å². The van der Waals surface area contributed by atoms with Crippen LogP contribution in [-0.4, -0.2) is 63.4 Å². The van der Waals surface area contributed by atoms with Gasteiger partial charge in [0.1, 0.15) is 32.7 Å². The zero-order valence-electron chi connectivity index (χ0n) is 15.8. The Bertz CT molecular complexity index is 643. The average Bonchev–Trinajstić information content (AvgIpc) is 3.11. The molecule has 0 bridgehead atoms. The number of nitrogens with one attached hydrogen (secondary N) is 2. The number of nitrogens with zero attached hydrogens (tertiary/aromatic N) is 1. The maximum Gasteiger partial charge on any atom is 0.277 e. The van der Waals surface area contributed by atoms with Crippen LogP contribution in [-0.2, 0) is 11.3 Å². The molecule has 1 atom stereocenters. The maximum absolute atomic E-state index is 12.6. The lowest BCUT2D eigenvalue weighted by atomic mass is 10.0. The van der Waals surface area contributed by atoms with Crippen molar-refractivity contribution in [2.24, 2.45) is 5.92 Å². The van der Waals surface area contributed by atoms with Crippen molar-refractivity contribution in [2.45, 2.75) is 26.3 Å². The lowest BCUT2D eigenvalue weighted by Crippen LogP contribution is -3.28. The summed E-state index contributed by atoms with van der Waals surface area (Å²) in [4.78, 5) is 17.7. The molecule has 6 nitrogen and oxygen atoms in total. The topological polar surface area (TPSA) is 47.7 Å². The molecule has 0 saturated carbocycles. The minimum absolute atomic E-state index is 0.331. The first-order valence-corrected chi connectivity index (χ1v) is 10.0. The summed E-state index contributed by atoms with van der Waals surface area (Å²) in [6, 6.07) is 6.26. The highest BCUT2D eigenvalue weighted by molar-refractivity contribution is 5.77. The molecule has 2 saturated heterocycles. The van der Waals surface area contributed by atoms with E-state index in [1.54, 1.807) is 4.90 Å². The van der Waals surface area contributed by atoms with Crippen LogP contribution in [0.2, 0.25) is 0 Å². The van der Waals surface area contributed by atoms with Crippen LogP contribution in [0.4, 0.5) is 0 Å². The van der Waals surface area contributed by atoms with Crippen LogP contribution in [0.3, 0.4) is 0 Å². The smallest absolute Gasteiger partial charge is 0.277 e. The first-order valence-electron chi connectivity index (χ1n) is 10.0. The molecule has 0 aliphatic carbocycles. The number of rotatable bonds is 4. The summed E-state index contributed by atoms with van der Waals surface area (Å²) in [7, 11) is 0. The molecule has 4 rings (SSSR count). The fourth-order valence-corrected chi connectivity index (χ4v) is 4.39. The molecule has 0 unspecified atom stereocenters. The van der Waals surface area contributed by atoms with Gasteiger partial charge in [0, 0.05) is 18.7 Å². The Balaban J connectivity index is 1.23. The van der Waals surface area contributed by atoms with Crippen molar-refractivity contribution in [2.75, 3.05) is 52.6 Å². The largest absolute Gasteiger partial charge is 0.454 e. The molecule has 3 heterocycles. The SMILES string of the molecule is C[C@H]1CCCN(C(=O)C[NH+]2CC[NH+](Cc3ccc4c(c3)OCO4)CC2)C1. The molecule has 0 spiro atoms. The zero-order valence-corrected chi connectivity index (χ0v) is 15.8. The van der Waals surface area contributed by atoms with Gasteiger partial charge in [0.2, 0.25) is 6.79 Å². The maximum atomic E-state index is 12.6. The minimum atomic E-state index is 0.331. The number of ether oxygens (including phenoxy) is 2. The quantitative estimate of drug-likeness (QED) is 0.720. The van der Waals surface area contributed by atoms with Crippen molar-refractivity contribution < 1.29 is 24.1 Å². The van der Waals surface area contributed by atoms with E-state index in [1.165, 1.54) is 16.9 Å². The van der Waals surface area contributed by atoms with E-state index < -0.39 is 0 Å². The predicted octanol–water partition coefficient (Wildman–Crippen LogP) is -1.04. The molecule has 0 aromatic heterocycles. The monoisotopic (exact) mass is 361 g/mol. The molecular formula is C20H31N3O3+2. The summed E-state index contributed by atoms with van der Waals surface area (Å²) in [6.45, 7) is 10.6. The van der Waals surface area contributed by atoms with Crippen molar-refractivity contribution >= 4 is 5.91 Å². The van der Waals surface area contributed by atoms with Gasteiger partial charge in [-0.2, -0.15) is 0 Å². The van der Waals surface area contributed by atoms with E-state index in [2.05, 4.69) is 24.0 Å². The molecule has 3 aliphatic rings. The first-order chi connectivity index (χ1) is 12.7. The molecule has 142 valence electrons. The minimum Gasteiger partial charge on any atom is -0.454 e. The third kappa shape index (κ3) is 4.13. The van der Waals surface area contributed by atoms with Crippen molar-refractivity contribution in [1.29, 1.82) is 0 Å². The second kappa shape index (κ2) is 7.84. The van der Waals surface area contributed by atoms with E-state index in [4.69, 9.17) is 9.47 Å². The second-order valence-corrected chi connectivity index (χ2v) is 8.13. The number of amides is 1. The van der Waals surface area contributed by atoms with Gasteiger partial charge in [-0.15, -0.1) is 0 Å². The van der Waals surface area contributed by atoms with Crippen molar-refractivity contribution in [3.8, 4) is 11.5 Å². The van der Waals surface area contributed by atoms with Gasteiger partial charge in [-0.05, 0) is 37.0 Å². The molecule has 2 N–H and O–H groups in total. The number of carbonyl (C=O) groups excluding carboxylic acids is 1. The fraction of sp³-hybridized carbons (Fsp3) is 0.650. The normalized spacial score (nSPS) is 28.2. The van der Waals surface area contributed by atoms with Crippen LogP contribution in [0.15, 0.2) is 18.2 Å². The Morgan fingerprint density at radius 3 is 2.73 bits per heavy atom. The van der Waals surface area contributed by atoms with E-state index in [0.29, 0.717) is 25.2 Å². The zero-order chi connectivity index (χ0) is 17.9. The first kappa shape index (κ1) is 17.6. The van der Waals surface area contributed by atoms with Gasteiger partial charge in [0.25, 0.3) is 5.91 Å². The van der Waals surface area contributed by atoms with Crippen LogP contribution >= 0.6 is 0 Å². The third-order valence-electron chi connectivity index (χ3n) is 5.97. The highest BCUT2D eigenvalue weighted by Crippen LogP contribution is 2.32. The van der Waals surface area contributed by atoms with E-state index in [9.17, 15) is 4.79 Å². The fourth-order valence-electron chi connectivity index (χ4n) is 4.39. The summed E-state index contributed by atoms with van der Waals surface area (Å²) in [5, 5.41) is 0. The number of hydrogen-bond donors (Lipinski definition) is 2.